The molecule has 2 aromatic carbocycles. The van der Waals surface area contributed by atoms with E-state index in [1.165, 1.54) is 6.07 Å². The van der Waals surface area contributed by atoms with E-state index >= 15 is 0 Å². The number of rotatable bonds is 2. The molecular weight excluding hydrogens is 281 g/mol. The van der Waals surface area contributed by atoms with Gasteiger partial charge in [0.15, 0.2) is 11.6 Å². The average molecular weight is 287 g/mol. The highest BCUT2D eigenvalue weighted by Crippen LogP contribution is 2.31. The molecule has 0 saturated heterocycles. The van der Waals surface area contributed by atoms with Crippen LogP contribution in [0.4, 0.5) is 13.2 Å². The molecule has 6 heteroatoms. The summed E-state index contributed by atoms with van der Waals surface area (Å²) in [5.74, 6) is -4.62. The second-order valence-electron chi connectivity index (χ2n) is 3.75. The summed E-state index contributed by atoms with van der Waals surface area (Å²) in [6.07, 6.45) is 0. The SMILES string of the molecule is O=C(O)c1cc(-c2cc(F)c(F)cc2Cl)ccc1F. The average Bonchev–Trinajstić information content (AvgIpc) is 2.34. The molecule has 98 valence electrons. The van der Waals surface area contributed by atoms with Crippen molar-refractivity contribution in [2.24, 2.45) is 0 Å². The van der Waals surface area contributed by atoms with Gasteiger partial charge in [-0.25, -0.2) is 18.0 Å². The van der Waals surface area contributed by atoms with Crippen LogP contribution in [0.1, 0.15) is 10.4 Å². The van der Waals surface area contributed by atoms with E-state index in [9.17, 15) is 18.0 Å². The van der Waals surface area contributed by atoms with Gasteiger partial charge in [0, 0.05) is 5.56 Å². The molecule has 0 radical (unpaired) electrons. The van der Waals surface area contributed by atoms with Crippen LogP contribution < -0.4 is 0 Å². The quantitative estimate of drug-likeness (QED) is 0.843. The Morgan fingerprint density at radius 2 is 1.63 bits per heavy atom. The minimum absolute atomic E-state index is 0.0862. The summed E-state index contributed by atoms with van der Waals surface area (Å²) in [6.45, 7) is 0. The van der Waals surface area contributed by atoms with E-state index in [2.05, 4.69) is 0 Å². The lowest BCUT2D eigenvalue weighted by molar-refractivity contribution is 0.0692. The molecule has 0 spiro atoms. The number of hydrogen-bond donors (Lipinski definition) is 1. The van der Waals surface area contributed by atoms with Crippen molar-refractivity contribution < 1.29 is 23.1 Å². The largest absolute Gasteiger partial charge is 0.478 e. The van der Waals surface area contributed by atoms with Crippen molar-refractivity contribution in [2.45, 2.75) is 0 Å². The standard InChI is InChI=1S/C13H6ClF3O2/c14-9-5-12(17)11(16)4-7(9)6-1-2-10(15)8(3-6)13(18)19/h1-5H,(H,18,19). The molecule has 2 rings (SSSR count). The monoisotopic (exact) mass is 286 g/mol. The Morgan fingerprint density at radius 3 is 2.26 bits per heavy atom. The molecule has 0 fully saturated rings. The van der Waals surface area contributed by atoms with Crippen LogP contribution in [0.25, 0.3) is 11.1 Å². The fourth-order valence-corrected chi connectivity index (χ4v) is 1.86. The van der Waals surface area contributed by atoms with Crippen LogP contribution in [0, 0.1) is 17.5 Å². The number of carboxylic acids is 1. The van der Waals surface area contributed by atoms with Crippen molar-refractivity contribution in [3.63, 3.8) is 0 Å². The summed E-state index contributed by atoms with van der Waals surface area (Å²) in [5.41, 5.74) is -0.302. The van der Waals surface area contributed by atoms with Gasteiger partial charge in [0.25, 0.3) is 0 Å². The second kappa shape index (κ2) is 4.93. The van der Waals surface area contributed by atoms with Crippen LogP contribution in [-0.4, -0.2) is 11.1 Å². The van der Waals surface area contributed by atoms with Crippen molar-refractivity contribution in [1.82, 2.24) is 0 Å². The molecule has 0 saturated carbocycles. The van der Waals surface area contributed by atoms with Gasteiger partial charge in [-0.2, -0.15) is 0 Å². The molecule has 2 aromatic rings. The maximum absolute atomic E-state index is 13.2. The highest BCUT2D eigenvalue weighted by molar-refractivity contribution is 6.33. The summed E-state index contributed by atoms with van der Waals surface area (Å²) >= 11 is 5.76. The summed E-state index contributed by atoms with van der Waals surface area (Å²) in [4.78, 5) is 10.8. The van der Waals surface area contributed by atoms with E-state index in [0.29, 0.717) is 0 Å². The second-order valence-corrected chi connectivity index (χ2v) is 4.15. The Hall–Kier alpha value is -2.01. The Labute approximate surface area is 111 Å². The molecule has 0 aliphatic rings. The molecule has 0 aliphatic heterocycles. The predicted octanol–water partition coefficient (Wildman–Crippen LogP) is 4.12. The maximum atomic E-state index is 13.2. The van der Waals surface area contributed by atoms with Crippen LogP contribution in [-0.2, 0) is 0 Å². The number of halogens is 4. The van der Waals surface area contributed by atoms with Crippen molar-refractivity contribution in [3.05, 3.63) is 58.4 Å². The minimum atomic E-state index is -1.46. The lowest BCUT2D eigenvalue weighted by atomic mass is 10.0. The topological polar surface area (TPSA) is 37.3 Å². The molecule has 1 N–H and O–H groups in total. The van der Waals surface area contributed by atoms with Gasteiger partial charge in [0.2, 0.25) is 0 Å². The van der Waals surface area contributed by atoms with Crippen LogP contribution >= 0.6 is 11.6 Å². The first-order chi connectivity index (χ1) is 8.90. The Bertz CT molecular complexity index is 671. The highest BCUT2D eigenvalue weighted by Gasteiger charge is 2.15. The zero-order valence-electron chi connectivity index (χ0n) is 9.25. The summed E-state index contributed by atoms with van der Waals surface area (Å²) < 4.78 is 39.3. The van der Waals surface area contributed by atoms with Crippen molar-refractivity contribution >= 4 is 17.6 Å². The van der Waals surface area contributed by atoms with E-state index < -0.39 is 29.0 Å². The first kappa shape index (κ1) is 13.4. The van der Waals surface area contributed by atoms with E-state index in [0.717, 1.165) is 24.3 Å². The molecule has 0 amide bonds. The fraction of sp³-hybridized carbons (Fsp3) is 0. The molecule has 0 unspecified atom stereocenters. The van der Waals surface area contributed by atoms with Gasteiger partial charge in [-0.15, -0.1) is 0 Å². The summed E-state index contributed by atoms with van der Waals surface area (Å²) in [5, 5.41) is 8.70. The van der Waals surface area contributed by atoms with Gasteiger partial charge in [-0.05, 0) is 29.8 Å². The third-order valence-electron chi connectivity index (χ3n) is 2.52. The first-order valence-corrected chi connectivity index (χ1v) is 5.45. The lowest BCUT2D eigenvalue weighted by Gasteiger charge is -2.07. The lowest BCUT2D eigenvalue weighted by Crippen LogP contribution is -2.00. The van der Waals surface area contributed by atoms with Crippen molar-refractivity contribution in [2.75, 3.05) is 0 Å². The molecule has 2 nitrogen and oxygen atoms in total. The molecule has 0 heterocycles. The highest BCUT2D eigenvalue weighted by atomic mass is 35.5. The van der Waals surface area contributed by atoms with Crippen molar-refractivity contribution in [1.29, 1.82) is 0 Å². The zero-order chi connectivity index (χ0) is 14.2. The van der Waals surface area contributed by atoms with E-state index in [1.807, 2.05) is 0 Å². The van der Waals surface area contributed by atoms with Gasteiger partial charge < -0.3 is 5.11 Å². The Balaban J connectivity index is 2.63. The first-order valence-electron chi connectivity index (χ1n) is 5.08. The minimum Gasteiger partial charge on any atom is -0.478 e. The van der Waals surface area contributed by atoms with E-state index in [1.54, 1.807) is 0 Å². The third kappa shape index (κ3) is 2.56. The number of carbonyl (C=O) groups is 1. The van der Waals surface area contributed by atoms with Gasteiger partial charge in [-0.1, -0.05) is 17.7 Å². The van der Waals surface area contributed by atoms with E-state index in [4.69, 9.17) is 16.7 Å². The molecule has 19 heavy (non-hydrogen) atoms. The predicted molar refractivity (Wildman–Crippen MR) is 63.7 cm³/mol. The summed E-state index contributed by atoms with van der Waals surface area (Å²) in [6, 6.07) is 4.78. The van der Waals surface area contributed by atoms with Crippen LogP contribution in [0.15, 0.2) is 30.3 Å². The normalized spacial score (nSPS) is 10.5. The van der Waals surface area contributed by atoms with E-state index in [-0.39, 0.29) is 16.1 Å². The number of hydrogen-bond acceptors (Lipinski definition) is 1. The Kier molecular flexibility index (Phi) is 3.48. The fourth-order valence-electron chi connectivity index (χ4n) is 1.60. The van der Waals surface area contributed by atoms with Crippen LogP contribution in [0.2, 0.25) is 5.02 Å². The molecular formula is C13H6ClF3O2. The van der Waals surface area contributed by atoms with Crippen molar-refractivity contribution in [3.8, 4) is 11.1 Å². The Morgan fingerprint density at radius 1 is 1.00 bits per heavy atom. The van der Waals surface area contributed by atoms with Gasteiger partial charge in [-0.3, -0.25) is 0 Å². The number of carboxylic acid groups (broad SMARTS) is 1. The maximum Gasteiger partial charge on any atom is 0.338 e. The summed E-state index contributed by atoms with van der Waals surface area (Å²) in [7, 11) is 0. The molecule has 0 bridgehead atoms. The smallest absolute Gasteiger partial charge is 0.338 e. The number of benzene rings is 2. The third-order valence-corrected chi connectivity index (χ3v) is 2.83. The molecule has 0 atom stereocenters. The van der Waals surface area contributed by atoms with Gasteiger partial charge >= 0.3 is 5.97 Å². The zero-order valence-corrected chi connectivity index (χ0v) is 10.0. The molecule has 0 aromatic heterocycles. The number of aromatic carboxylic acids is 1. The van der Waals surface area contributed by atoms with Gasteiger partial charge in [0.05, 0.1) is 10.6 Å². The van der Waals surface area contributed by atoms with Crippen LogP contribution in [0.3, 0.4) is 0 Å². The molecule has 0 aliphatic carbocycles. The van der Waals surface area contributed by atoms with Crippen LogP contribution in [0.5, 0.6) is 0 Å². The van der Waals surface area contributed by atoms with Gasteiger partial charge in [0.1, 0.15) is 5.82 Å².